The average Bonchev–Trinajstić information content (AvgIpc) is 1.58. The van der Waals surface area contributed by atoms with Gasteiger partial charge in [0.1, 0.15) is 44.7 Å². The monoisotopic (exact) mass is 1420 g/mol. The summed E-state index contributed by atoms with van der Waals surface area (Å²) in [5.74, 6) is 1.32. The van der Waals surface area contributed by atoms with E-state index in [4.69, 9.17) is 37.6 Å². The second kappa shape index (κ2) is 26.2. The molecule has 105 heavy (non-hydrogen) atoms. The SMILES string of the molecule is Brc1cccc(-c2nc(-c3ccccc3)cc(-c3cccc4c3oc3ccccc34)n2)c1.C.C.c1ccc(-c2cc(-c3cccc4c3oc3ccccc34)nc(-c3cccc(-n4c5ccccc5c5c6oc7ccccc7c6ccc54)c3)n2)cc1.c1ccc2c(c1)[nH]c1ccc3c4ccccc4oc3c12. The molecule has 0 aliphatic rings. The first kappa shape index (κ1) is 63.7. The van der Waals surface area contributed by atoms with Gasteiger partial charge in [0.15, 0.2) is 11.6 Å². The number of fused-ring (bicyclic) bond motifs is 20. The molecule has 0 aliphatic carbocycles. The molecule has 22 rings (SSSR count). The minimum absolute atomic E-state index is 0. The summed E-state index contributed by atoms with van der Waals surface area (Å²) in [4.78, 5) is 23.7. The Morgan fingerprint density at radius 2 is 0.667 bits per heavy atom. The molecule has 0 atom stereocenters. The van der Waals surface area contributed by atoms with Crippen LogP contribution in [0.1, 0.15) is 14.9 Å². The van der Waals surface area contributed by atoms with Crippen molar-refractivity contribution in [2.45, 2.75) is 14.9 Å². The molecule has 0 fully saturated rings. The van der Waals surface area contributed by atoms with Gasteiger partial charge in [-0.05, 0) is 109 Å². The highest BCUT2D eigenvalue weighted by Crippen LogP contribution is 2.44. The van der Waals surface area contributed by atoms with Gasteiger partial charge in [0.2, 0.25) is 0 Å². The fraction of sp³-hybridized carbons (Fsp3) is 0.0213. The molecule has 14 aromatic carbocycles. The standard InChI is InChI=1S/C46H27N3O2.C28H17BrN2O.C18H11NO.2CH4/c1-2-12-28(13-3-1)37-27-38(35-20-11-19-33-31-16-5-8-22-41(31)50-44(33)35)48-46(47-37)29-14-10-15-30(26-29)49-39-21-7-4-18-36(39)43-40(49)25-24-34-32-17-6-9-23-42(32)51-45(34)43;29-20-11-6-10-19(16-20)28-30-24(18-8-2-1-3-9-18)17-25(31-28)23-14-7-13-22-21-12-4-5-15-26(21)32-27(22)23;1-3-7-14-13(6-1)17-15(19-14)10-9-12-11-5-2-4-8-16(11)20-18(12)17;;/h1-27H;1-17H;1-10,19H;2*1H4. The third kappa shape index (κ3) is 10.9. The summed E-state index contributed by atoms with van der Waals surface area (Å²) in [7, 11) is 0. The van der Waals surface area contributed by atoms with Gasteiger partial charge in [-0.1, -0.05) is 249 Å². The number of H-pyrrole nitrogens is 1. The van der Waals surface area contributed by atoms with Crippen molar-refractivity contribution in [3.8, 4) is 73.5 Å². The third-order valence-corrected chi connectivity index (χ3v) is 20.1. The number of aromatic amines is 1. The number of rotatable bonds is 7. The molecule has 10 nitrogen and oxygen atoms in total. The van der Waals surface area contributed by atoms with Crippen LogP contribution >= 0.6 is 15.9 Å². The van der Waals surface area contributed by atoms with E-state index < -0.39 is 0 Å². The van der Waals surface area contributed by atoms with Gasteiger partial charge in [0, 0.05) is 103 Å². The van der Waals surface area contributed by atoms with Crippen LogP contribution in [0, 0.1) is 0 Å². The van der Waals surface area contributed by atoms with Gasteiger partial charge in [0.05, 0.1) is 50.1 Å². The lowest BCUT2D eigenvalue weighted by atomic mass is 10.0. The average molecular weight is 1420 g/mol. The Morgan fingerprint density at radius 1 is 0.267 bits per heavy atom. The second-order valence-corrected chi connectivity index (χ2v) is 26.6. The normalized spacial score (nSPS) is 11.5. The summed E-state index contributed by atoms with van der Waals surface area (Å²) in [5.41, 5.74) is 21.8. The fourth-order valence-electron chi connectivity index (χ4n) is 14.9. The molecule has 0 amide bonds. The maximum absolute atomic E-state index is 6.54. The quantitative estimate of drug-likeness (QED) is 0.167. The summed E-state index contributed by atoms with van der Waals surface area (Å²) in [5, 5.41) is 13.6. The Morgan fingerprint density at radius 3 is 1.21 bits per heavy atom. The predicted octanol–water partition coefficient (Wildman–Crippen LogP) is 27.0. The summed E-state index contributed by atoms with van der Waals surface area (Å²) in [6.45, 7) is 0. The van der Waals surface area contributed by atoms with Crippen molar-refractivity contribution in [3.05, 3.63) is 332 Å². The van der Waals surface area contributed by atoms with E-state index in [1.165, 1.54) is 21.5 Å². The van der Waals surface area contributed by atoms with E-state index in [0.717, 1.165) is 176 Å². The van der Waals surface area contributed by atoms with Crippen LogP contribution in [0.15, 0.2) is 350 Å². The van der Waals surface area contributed by atoms with Gasteiger partial charge in [-0.3, -0.25) is 0 Å². The number of hydrogen-bond acceptors (Lipinski definition) is 8. The second-order valence-electron chi connectivity index (χ2n) is 25.7. The molecular formula is C94H63BrN6O4. The van der Waals surface area contributed by atoms with Crippen molar-refractivity contribution >= 4 is 147 Å². The Balaban J connectivity index is 0.000000123. The Bertz CT molecular complexity index is 7100. The molecular weight excluding hydrogens is 1360 g/mol. The topological polar surface area (TPSA) is 125 Å². The van der Waals surface area contributed by atoms with Crippen molar-refractivity contribution in [3.63, 3.8) is 0 Å². The van der Waals surface area contributed by atoms with E-state index >= 15 is 0 Å². The van der Waals surface area contributed by atoms with Crippen LogP contribution in [-0.2, 0) is 0 Å². The van der Waals surface area contributed by atoms with E-state index in [0.29, 0.717) is 11.6 Å². The smallest absolute Gasteiger partial charge is 0.160 e. The number of nitrogens with one attached hydrogen (secondary N) is 1. The summed E-state index contributed by atoms with van der Waals surface area (Å²) >= 11 is 3.57. The number of aromatic nitrogens is 6. The third-order valence-electron chi connectivity index (χ3n) is 19.6. The van der Waals surface area contributed by atoms with Crippen molar-refractivity contribution < 1.29 is 17.7 Å². The minimum atomic E-state index is 0. The number of nitrogens with zero attached hydrogens (tertiary/aromatic N) is 5. The van der Waals surface area contributed by atoms with E-state index in [2.05, 4.69) is 220 Å². The first-order valence-corrected chi connectivity index (χ1v) is 35.0. The van der Waals surface area contributed by atoms with Crippen LogP contribution in [-0.4, -0.2) is 29.5 Å². The molecule has 8 heterocycles. The zero-order valence-electron chi connectivity index (χ0n) is 54.9. The van der Waals surface area contributed by atoms with E-state index in [9.17, 15) is 0 Å². The van der Waals surface area contributed by atoms with Gasteiger partial charge in [-0.2, -0.15) is 0 Å². The molecule has 0 bridgehead atoms. The van der Waals surface area contributed by atoms with Gasteiger partial charge in [-0.25, -0.2) is 19.9 Å². The minimum Gasteiger partial charge on any atom is -0.455 e. The number of hydrogen-bond donors (Lipinski definition) is 1. The molecule has 22 aromatic rings. The lowest BCUT2D eigenvalue weighted by Crippen LogP contribution is -1.98. The molecule has 0 saturated carbocycles. The fourth-order valence-corrected chi connectivity index (χ4v) is 15.3. The van der Waals surface area contributed by atoms with Crippen molar-refractivity contribution in [1.82, 2.24) is 29.5 Å². The number of benzene rings is 14. The summed E-state index contributed by atoms with van der Waals surface area (Å²) in [6.07, 6.45) is 0. The lowest BCUT2D eigenvalue weighted by molar-refractivity contribution is 0.669. The largest absolute Gasteiger partial charge is 0.455 e. The molecule has 1 N–H and O–H groups in total. The highest BCUT2D eigenvalue weighted by Gasteiger charge is 2.23. The Kier molecular flexibility index (Phi) is 15.9. The molecule has 0 aliphatic heterocycles. The van der Waals surface area contributed by atoms with Crippen LogP contribution in [0.2, 0.25) is 0 Å². The highest BCUT2D eigenvalue weighted by molar-refractivity contribution is 9.10. The molecule has 0 unspecified atom stereocenters. The molecule has 11 heteroatoms. The maximum atomic E-state index is 6.54. The van der Waals surface area contributed by atoms with Crippen molar-refractivity contribution in [2.24, 2.45) is 0 Å². The maximum Gasteiger partial charge on any atom is 0.160 e. The van der Waals surface area contributed by atoms with Crippen molar-refractivity contribution in [2.75, 3.05) is 0 Å². The molecule has 0 saturated heterocycles. The van der Waals surface area contributed by atoms with Crippen molar-refractivity contribution in [1.29, 1.82) is 0 Å². The van der Waals surface area contributed by atoms with Crippen LogP contribution < -0.4 is 0 Å². The first-order chi connectivity index (χ1) is 51.0. The zero-order chi connectivity index (χ0) is 68.1. The molecule has 8 aromatic heterocycles. The zero-order valence-corrected chi connectivity index (χ0v) is 56.5. The molecule has 500 valence electrons. The van der Waals surface area contributed by atoms with Gasteiger partial charge < -0.3 is 27.2 Å². The van der Waals surface area contributed by atoms with Gasteiger partial charge in [0.25, 0.3) is 0 Å². The Hall–Kier alpha value is -13.5. The number of halogens is 1. The number of furan rings is 4. The molecule has 0 radical (unpaired) electrons. The predicted molar refractivity (Wildman–Crippen MR) is 437 cm³/mol. The van der Waals surface area contributed by atoms with Gasteiger partial charge in [-0.15, -0.1) is 0 Å². The Labute approximate surface area is 610 Å². The van der Waals surface area contributed by atoms with Crippen LogP contribution in [0.5, 0.6) is 0 Å². The summed E-state index contributed by atoms with van der Waals surface area (Å²) in [6, 6.07) is 112. The molecule has 0 spiro atoms. The van der Waals surface area contributed by atoms with E-state index in [1.54, 1.807) is 0 Å². The van der Waals surface area contributed by atoms with E-state index in [-0.39, 0.29) is 14.9 Å². The van der Waals surface area contributed by atoms with Crippen LogP contribution in [0.25, 0.3) is 205 Å². The first-order valence-electron chi connectivity index (χ1n) is 34.2. The van der Waals surface area contributed by atoms with Crippen LogP contribution in [0.4, 0.5) is 0 Å². The summed E-state index contributed by atoms with van der Waals surface area (Å²) < 4.78 is 28.7. The van der Waals surface area contributed by atoms with Gasteiger partial charge >= 0.3 is 0 Å². The highest BCUT2D eigenvalue weighted by atomic mass is 79.9. The van der Waals surface area contributed by atoms with E-state index in [1.807, 2.05) is 133 Å². The number of para-hydroxylation sites is 8. The van der Waals surface area contributed by atoms with Crippen LogP contribution in [0.3, 0.4) is 0 Å². The lowest BCUT2D eigenvalue weighted by Gasteiger charge is -2.12.